The normalized spacial score (nSPS) is 10.5. The maximum atomic E-state index is 12.1. The lowest BCUT2D eigenvalue weighted by molar-refractivity contribution is -0.137. The highest BCUT2D eigenvalue weighted by molar-refractivity contribution is 5.93. The van der Waals surface area contributed by atoms with Crippen LogP contribution in [0.25, 0.3) is 10.9 Å². The molecule has 0 amide bonds. The van der Waals surface area contributed by atoms with E-state index in [0.717, 1.165) is 4.57 Å². The predicted octanol–water partition coefficient (Wildman–Crippen LogP) is -0.0489. The molecule has 2 N–H and O–H groups in total. The van der Waals surface area contributed by atoms with Gasteiger partial charge in [-0.2, -0.15) is 0 Å². The molecule has 2 aromatic rings. The van der Waals surface area contributed by atoms with Crippen LogP contribution in [-0.2, 0) is 16.1 Å². The molecule has 0 spiro atoms. The van der Waals surface area contributed by atoms with Crippen molar-refractivity contribution < 1.29 is 19.4 Å². The van der Waals surface area contributed by atoms with Gasteiger partial charge in [0.15, 0.2) is 0 Å². The van der Waals surface area contributed by atoms with Gasteiger partial charge in [-0.1, -0.05) is 0 Å². The molecule has 0 bridgehead atoms. The fourth-order valence-corrected chi connectivity index (χ4v) is 1.91. The van der Waals surface area contributed by atoms with E-state index in [1.165, 1.54) is 25.3 Å². The summed E-state index contributed by atoms with van der Waals surface area (Å²) in [6.07, 6.45) is -0.339. The fourth-order valence-electron chi connectivity index (χ4n) is 1.91. The number of carbonyl (C=O) groups is 2. The summed E-state index contributed by atoms with van der Waals surface area (Å²) in [6.45, 7) is -0.224. The molecule has 1 aromatic heterocycles. The van der Waals surface area contributed by atoms with Crippen molar-refractivity contribution in [1.29, 1.82) is 0 Å². The molecule has 0 unspecified atom stereocenters. The Morgan fingerprint density at radius 3 is 2.67 bits per heavy atom. The maximum absolute atomic E-state index is 12.1. The quantitative estimate of drug-likeness (QED) is 0.763. The molecule has 1 heterocycles. The van der Waals surface area contributed by atoms with Crippen LogP contribution in [0.4, 0.5) is 0 Å². The van der Waals surface area contributed by atoms with Gasteiger partial charge in [0.25, 0.3) is 5.56 Å². The molecular weight excluding hydrogens is 280 g/mol. The summed E-state index contributed by atoms with van der Waals surface area (Å²) in [5.74, 6) is -1.70. The number of esters is 1. The second-order valence-electron chi connectivity index (χ2n) is 4.28. The van der Waals surface area contributed by atoms with E-state index in [4.69, 9.17) is 5.11 Å². The number of H-pyrrole nitrogens is 1. The summed E-state index contributed by atoms with van der Waals surface area (Å²) in [7, 11) is 1.22. The molecule has 8 nitrogen and oxygen atoms in total. The molecule has 21 heavy (non-hydrogen) atoms. The van der Waals surface area contributed by atoms with Gasteiger partial charge in [0, 0.05) is 6.54 Å². The van der Waals surface area contributed by atoms with Crippen molar-refractivity contribution in [3.05, 3.63) is 44.6 Å². The lowest BCUT2D eigenvalue weighted by Crippen LogP contribution is -2.35. The first-order valence-electron chi connectivity index (χ1n) is 6.01. The molecule has 0 aliphatic carbocycles. The number of carboxylic acid groups (broad SMARTS) is 1. The molecule has 0 aliphatic heterocycles. The summed E-state index contributed by atoms with van der Waals surface area (Å²) < 4.78 is 5.37. The Bertz CT molecular complexity index is 833. The summed E-state index contributed by atoms with van der Waals surface area (Å²) in [5, 5.41) is 8.80. The highest BCUT2D eigenvalue weighted by Crippen LogP contribution is 2.10. The zero-order valence-corrected chi connectivity index (χ0v) is 11.1. The van der Waals surface area contributed by atoms with Gasteiger partial charge in [-0.05, 0) is 18.2 Å². The summed E-state index contributed by atoms with van der Waals surface area (Å²) in [6, 6.07) is 4.12. The van der Waals surface area contributed by atoms with E-state index < -0.39 is 23.2 Å². The Labute approximate surface area is 117 Å². The minimum atomic E-state index is -1.11. The first-order chi connectivity index (χ1) is 9.93. The Balaban J connectivity index is 2.58. The van der Waals surface area contributed by atoms with Crippen molar-refractivity contribution in [2.24, 2.45) is 0 Å². The third-order valence-corrected chi connectivity index (χ3v) is 2.95. The lowest BCUT2D eigenvalue weighted by atomic mass is 10.1. The van der Waals surface area contributed by atoms with E-state index in [1.54, 1.807) is 0 Å². The molecule has 110 valence electrons. The van der Waals surface area contributed by atoms with E-state index in [2.05, 4.69) is 9.72 Å². The number of rotatable bonds is 4. The largest absolute Gasteiger partial charge is 0.481 e. The lowest BCUT2D eigenvalue weighted by Gasteiger charge is -2.06. The first kappa shape index (κ1) is 14.5. The van der Waals surface area contributed by atoms with Crippen LogP contribution in [0.3, 0.4) is 0 Å². The van der Waals surface area contributed by atoms with Crippen molar-refractivity contribution in [2.45, 2.75) is 13.0 Å². The predicted molar refractivity (Wildman–Crippen MR) is 72.4 cm³/mol. The number of nitrogens with zero attached hydrogens (tertiary/aromatic N) is 1. The highest BCUT2D eigenvalue weighted by atomic mass is 16.5. The average molecular weight is 292 g/mol. The van der Waals surface area contributed by atoms with E-state index in [0.29, 0.717) is 0 Å². The van der Waals surface area contributed by atoms with Crippen molar-refractivity contribution in [2.75, 3.05) is 7.11 Å². The van der Waals surface area contributed by atoms with Crippen LogP contribution < -0.4 is 11.2 Å². The molecule has 2 rings (SSSR count). The minimum absolute atomic E-state index is 0.188. The van der Waals surface area contributed by atoms with Crippen LogP contribution in [-0.4, -0.2) is 33.7 Å². The van der Waals surface area contributed by atoms with Gasteiger partial charge in [-0.15, -0.1) is 0 Å². The van der Waals surface area contributed by atoms with Crippen LogP contribution in [0.5, 0.6) is 0 Å². The van der Waals surface area contributed by atoms with Gasteiger partial charge in [-0.25, -0.2) is 9.59 Å². The third kappa shape index (κ3) is 2.83. The standard InChI is InChI=1S/C13H12N2O6/c1-21-12(19)7-2-3-8-9(6-7)14-13(20)15(11(8)18)5-4-10(16)17/h2-3,6H,4-5H2,1H3,(H,14,20)(H,16,17). The van der Waals surface area contributed by atoms with Crippen molar-refractivity contribution in [1.82, 2.24) is 9.55 Å². The fraction of sp³-hybridized carbons (Fsp3) is 0.231. The molecule has 0 fully saturated rings. The van der Waals surface area contributed by atoms with E-state index >= 15 is 0 Å². The van der Waals surface area contributed by atoms with Gasteiger partial charge in [0.1, 0.15) is 0 Å². The van der Waals surface area contributed by atoms with Gasteiger partial charge < -0.3 is 14.8 Å². The van der Waals surface area contributed by atoms with E-state index in [-0.39, 0.29) is 29.4 Å². The van der Waals surface area contributed by atoms with E-state index in [9.17, 15) is 19.2 Å². The van der Waals surface area contributed by atoms with Crippen molar-refractivity contribution >= 4 is 22.8 Å². The minimum Gasteiger partial charge on any atom is -0.481 e. The molecule has 0 radical (unpaired) electrons. The first-order valence-corrected chi connectivity index (χ1v) is 6.01. The number of aliphatic carboxylic acids is 1. The van der Waals surface area contributed by atoms with Crippen LogP contribution in [0, 0.1) is 0 Å². The van der Waals surface area contributed by atoms with Gasteiger partial charge in [0.2, 0.25) is 0 Å². The molecular formula is C13H12N2O6. The Morgan fingerprint density at radius 2 is 2.05 bits per heavy atom. The highest BCUT2D eigenvalue weighted by Gasteiger charge is 2.12. The molecule has 0 atom stereocenters. The number of aromatic nitrogens is 2. The zero-order chi connectivity index (χ0) is 15.6. The number of benzene rings is 1. The van der Waals surface area contributed by atoms with E-state index in [1.807, 2.05) is 0 Å². The summed E-state index contributed by atoms with van der Waals surface area (Å²) in [4.78, 5) is 48.4. The van der Waals surface area contributed by atoms with Crippen molar-refractivity contribution in [3.8, 4) is 0 Å². The Morgan fingerprint density at radius 1 is 1.33 bits per heavy atom. The van der Waals surface area contributed by atoms with Gasteiger partial charge in [-0.3, -0.25) is 14.2 Å². The van der Waals surface area contributed by atoms with Crippen LogP contribution in [0.15, 0.2) is 27.8 Å². The SMILES string of the molecule is COC(=O)c1ccc2c(=O)n(CCC(=O)O)c(=O)[nH]c2c1. The van der Waals surface area contributed by atoms with Crippen LogP contribution >= 0.6 is 0 Å². The van der Waals surface area contributed by atoms with Crippen LogP contribution in [0.1, 0.15) is 16.8 Å². The number of nitrogens with one attached hydrogen (secondary N) is 1. The average Bonchev–Trinajstić information content (AvgIpc) is 2.45. The molecule has 0 saturated heterocycles. The smallest absolute Gasteiger partial charge is 0.337 e. The van der Waals surface area contributed by atoms with Crippen LogP contribution in [0.2, 0.25) is 0 Å². The monoisotopic (exact) mass is 292 g/mol. The zero-order valence-electron chi connectivity index (χ0n) is 11.1. The number of aromatic amines is 1. The Kier molecular flexibility index (Phi) is 3.88. The molecule has 1 aromatic carbocycles. The van der Waals surface area contributed by atoms with Gasteiger partial charge in [0.05, 0.1) is 30.0 Å². The van der Waals surface area contributed by atoms with Gasteiger partial charge >= 0.3 is 17.6 Å². The number of carbonyl (C=O) groups excluding carboxylic acids is 1. The maximum Gasteiger partial charge on any atom is 0.337 e. The molecule has 8 heteroatoms. The third-order valence-electron chi connectivity index (χ3n) is 2.95. The summed E-state index contributed by atoms with van der Waals surface area (Å²) in [5.41, 5.74) is -0.940. The number of fused-ring (bicyclic) bond motifs is 1. The molecule has 0 aliphatic rings. The Hall–Kier alpha value is -2.90. The number of methoxy groups -OCH3 is 1. The number of hydrogen-bond acceptors (Lipinski definition) is 5. The number of carboxylic acids is 1. The second-order valence-corrected chi connectivity index (χ2v) is 4.28. The van der Waals surface area contributed by atoms with Crippen molar-refractivity contribution in [3.63, 3.8) is 0 Å². The number of ether oxygens (including phenoxy) is 1. The number of hydrogen-bond donors (Lipinski definition) is 2. The molecule has 0 saturated carbocycles. The summed E-state index contributed by atoms with van der Waals surface area (Å²) >= 11 is 0. The topological polar surface area (TPSA) is 118 Å². The second kappa shape index (κ2) is 5.61.